The lowest BCUT2D eigenvalue weighted by Crippen LogP contribution is -2.00. The van der Waals surface area contributed by atoms with Gasteiger partial charge < -0.3 is 14.9 Å². The molecular formula is C10H13ClO3. The Hall–Kier alpha value is -0.770. The first-order valence-electron chi connectivity index (χ1n) is 4.41. The Kier molecular flexibility index (Phi) is 4.73. The molecule has 2 N–H and O–H groups in total. The van der Waals surface area contributed by atoms with E-state index in [0.29, 0.717) is 23.8 Å². The lowest BCUT2D eigenvalue weighted by atomic mass is 10.2. The number of aliphatic hydroxyl groups excluding tert-OH is 2. The highest BCUT2D eigenvalue weighted by Crippen LogP contribution is 2.25. The van der Waals surface area contributed by atoms with E-state index in [1.54, 1.807) is 18.2 Å². The first-order valence-corrected chi connectivity index (χ1v) is 4.78. The fraction of sp³-hybridized carbons (Fsp3) is 0.400. The number of hydrogen-bond acceptors (Lipinski definition) is 3. The Morgan fingerprint density at radius 3 is 2.64 bits per heavy atom. The summed E-state index contributed by atoms with van der Waals surface area (Å²) in [6.45, 7) is 0.512. The minimum absolute atomic E-state index is 0.0311. The maximum atomic E-state index is 8.83. The molecule has 0 aliphatic carbocycles. The van der Waals surface area contributed by atoms with Gasteiger partial charge in [-0.15, -0.1) is 0 Å². The fourth-order valence-electron chi connectivity index (χ4n) is 1.01. The van der Waals surface area contributed by atoms with Gasteiger partial charge in [0.15, 0.2) is 0 Å². The minimum Gasteiger partial charge on any atom is -0.492 e. The van der Waals surface area contributed by atoms with E-state index in [0.717, 1.165) is 5.56 Å². The molecule has 0 aromatic heterocycles. The number of hydrogen-bond donors (Lipinski definition) is 2. The van der Waals surface area contributed by atoms with E-state index >= 15 is 0 Å². The third-order valence-electron chi connectivity index (χ3n) is 1.74. The van der Waals surface area contributed by atoms with Gasteiger partial charge in [0.05, 0.1) is 18.2 Å². The molecule has 78 valence electrons. The fourth-order valence-corrected chi connectivity index (χ4v) is 1.26. The predicted octanol–water partition coefficient (Wildman–Crippen LogP) is 1.59. The summed E-state index contributed by atoms with van der Waals surface area (Å²) >= 11 is 5.89. The van der Waals surface area contributed by atoms with E-state index in [-0.39, 0.29) is 13.2 Å². The SMILES string of the molecule is OCCCOc1ccc(CO)cc1Cl. The highest BCUT2D eigenvalue weighted by Gasteiger charge is 2.02. The normalized spacial score (nSPS) is 10.2. The quantitative estimate of drug-likeness (QED) is 0.735. The van der Waals surface area contributed by atoms with Crippen molar-refractivity contribution in [2.24, 2.45) is 0 Å². The number of ether oxygens (including phenoxy) is 1. The van der Waals surface area contributed by atoms with Gasteiger partial charge in [-0.25, -0.2) is 0 Å². The zero-order valence-electron chi connectivity index (χ0n) is 7.74. The second-order valence-corrected chi connectivity index (χ2v) is 3.26. The first kappa shape index (κ1) is 11.3. The molecular weight excluding hydrogens is 204 g/mol. The molecule has 1 rings (SSSR count). The van der Waals surface area contributed by atoms with Gasteiger partial charge in [-0.05, 0) is 17.7 Å². The summed E-state index contributed by atoms with van der Waals surface area (Å²) in [7, 11) is 0. The molecule has 4 heteroatoms. The molecule has 0 unspecified atom stereocenters. The van der Waals surface area contributed by atoms with Crippen LogP contribution in [0.25, 0.3) is 0 Å². The summed E-state index contributed by atoms with van der Waals surface area (Å²) in [6.07, 6.45) is 0.581. The van der Waals surface area contributed by atoms with Crippen LogP contribution in [0.4, 0.5) is 0 Å². The standard InChI is InChI=1S/C10H13ClO3/c11-9-6-8(7-13)2-3-10(9)14-5-1-4-12/h2-3,6,12-13H,1,4-5,7H2. The van der Waals surface area contributed by atoms with Gasteiger partial charge in [0, 0.05) is 13.0 Å². The highest BCUT2D eigenvalue weighted by molar-refractivity contribution is 6.32. The van der Waals surface area contributed by atoms with E-state index in [1.165, 1.54) is 0 Å². The van der Waals surface area contributed by atoms with Crippen LogP contribution in [0.2, 0.25) is 5.02 Å². The summed E-state index contributed by atoms with van der Waals surface area (Å²) in [5.41, 5.74) is 0.754. The molecule has 0 saturated heterocycles. The van der Waals surface area contributed by atoms with Crippen molar-refractivity contribution >= 4 is 11.6 Å². The van der Waals surface area contributed by atoms with Gasteiger partial charge in [-0.2, -0.15) is 0 Å². The maximum Gasteiger partial charge on any atom is 0.137 e. The average Bonchev–Trinajstić information content (AvgIpc) is 2.20. The molecule has 0 heterocycles. The Bertz CT molecular complexity index is 289. The van der Waals surface area contributed by atoms with Crippen molar-refractivity contribution in [2.45, 2.75) is 13.0 Å². The minimum atomic E-state index is -0.0311. The monoisotopic (exact) mass is 216 g/mol. The maximum absolute atomic E-state index is 8.83. The van der Waals surface area contributed by atoms with E-state index in [2.05, 4.69) is 0 Å². The Labute approximate surface area is 87.9 Å². The molecule has 0 atom stereocenters. The molecule has 0 bridgehead atoms. The van der Waals surface area contributed by atoms with Gasteiger partial charge in [0.2, 0.25) is 0 Å². The van der Waals surface area contributed by atoms with Crippen LogP contribution in [0.15, 0.2) is 18.2 Å². The van der Waals surface area contributed by atoms with Crippen LogP contribution >= 0.6 is 11.6 Å². The van der Waals surface area contributed by atoms with Crippen molar-refractivity contribution in [3.63, 3.8) is 0 Å². The van der Waals surface area contributed by atoms with Crippen molar-refractivity contribution in [3.8, 4) is 5.75 Å². The predicted molar refractivity (Wildman–Crippen MR) is 54.6 cm³/mol. The summed E-state index contributed by atoms with van der Waals surface area (Å²) in [4.78, 5) is 0. The topological polar surface area (TPSA) is 49.7 Å². The van der Waals surface area contributed by atoms with Crippen LogP contribution in [0.1, 0.15) is 12.0 Å². The Balaban J connectivity index is 2.59. The van der Waals surface area contributed by atoms with Crippen LogP contribution in [0, 0.1) is 0 Å². The van der Waals surface area contributed by atoms with E-state index in [1.807, 2.05) is 0 Å². The number of rotatable bonds is 5. The van der Waals surface area contributed by atoms with Crippen molar-refractivity contribution in [3.05, 3.63) is 28.8 Å². The van der Waals surface area contributed by atoms with Crippen molar-refractivity contribution in [1.29, 1.82) is 0 Å². The summed E-state index contributed by atoms with van der Waals surface area (Å²) in [5.74, 6) is 0.581. The second kappa shape index (κ2) is 5.86. The summed E-state index contributed by atoms with van der Waals surface area (Å²) < 4.78 is 5.30. The first-order chi connectivity index (χ1) is 6.77. The second-order valence-electron chi connectivity index (χ2n) is 2.85. The van der Waals surface area contributed by atoms with Crippen LogP contribution in [0.5, 0.6) is 5.75 Å². The summed E-state index contributed by atoms with van der Waals surface area (Å²) in [5, 5.41) is 17.9. The van der Waals surface area contributed by atoms with Crippen LogP contribution in [0.3, 0.4) is 0 Å². The molecule has 0 radical (unpaired) electrons. The van der Waals surface area contributed by atoms with Crippen molar-refractivity contribution in [2.75, 3.05) is 13.2 Å². The average molecular weight is 217 g/mol. The zero-order chi connectivity index (χ0) is 10.4. The van der Waals surface area contributed by atoms with Crippen molar-refractivity contribution in [1.82, 2.24) is 0 Å². The van der Waals surface area contributed by atoms with E-state index in [4.69, 9.17) is 26.6 Å². The molecule has 3 nitrogen and oxygen atoms in total. The van der Waals surface area contributed by atoms with Gasteiger partial charge in [-0.1, -0.05) is 17.7 Å². The number of halogens is 1. The van der Waals surface area contributed by atoms with Crippen LogP contribution in [-0.4, -0.2) is 23.4 Å². The molecule has 14 heavy (non-hydrogen) atoms. The smallest absolute Gasteiger partial charge is 0.137 e. The highest BCUT2D eigenvalue weighted by atomic mass is 35.5. The molecule has 0 amide bonds. The van der Waals surface area contributed by atoms with Crippen LogP contribution < -0.4 is 4.74 Å². The van der Waals surface area contributed by atoms with E-state index in [9.17, 15) is 0 Å². The number of aliphatic hydroxyl groups is 2. The van der Waals surface area contributed by atoms with Gasteiger partial charge >= 0.3 is 0 Å². The summed E-state index contributed by atoms with van der Waals surface area (Å²) in [6, 6.07) is 5.13. The molecule has 0 saturated carbocycles. The van der Waals surface area contributed by atoms with E-state index < -0.39 is 0 Å². The Morgan fingerprint density at radius 2 is 2.07 bits per heavy atom. The Morgan fingerprint density at radius 1 is 1.29 bits per heavy atom. The zero-order valence-corrected chi connectivity index (χ0v) is 8.50. The van der Waals surface area contributed by atoms with Gasteiger partial charge in [0.1, 0.15) is 5.75 Å². The van der Waals surface area contributed by atoms with Gasteiger partial charge in [0.25, 0.3) is 0 Å². The third kappa shape index (κ3) is 3.18. The molecule has 0 aliphatic rings. The third-order valence-corrected chi connectivity index (χ3v) is 2.03. The molecule has 1 aromatic carbocycles. The largest absolute Gasteiger partial charge is 0.492 e. The molecule has 0 fully saturated rings. The lowest BCUT2D eigenvalue weighted by Gasteiger charge is -2.07. The lowest BCUT2D eigenvalue weighted by molar-refractivity contribution is 0.233. The molecule has 0 aliphatic heterocycles. The number of benzene rings is 1. The molecule has 1 aromatic rings. The van der Waals surface area contributed by atoms with Crippen molar-refractivity contribution < 1.29 is 14.9 Å². The van der Waals surface area contributed by atoms with Crippen LogP contribution in [-0.2, 0) is 6.61 Å². The van der Waals surface area contributed by atoms with Gasteiger partial charge in [-0.3, -0.25) is 0 Å². The molecule has 0 spiro atoms.